The van der Waals surface area contributed by atoms with Crippen molar-refractivity contribution in [3.63, 3.8) is 0 Å². The molecule has 148 valence electrons. The summed E-state index contributed by atoms with van der Waals surface area (Å²) in [5, 5.41) is 13.0. The third-order valence-corrected chi connectivity index (χ3v) is 5.71. The Balaban J connectivity index is 1.52. The highest BCUT2D eigenvalue weighted by atomic mass is 32.1. The van der Waals surface area contributed by atoms with E-state index in [4.69, 9.17) is 15.6 Å². The smallest absolute Gasteiger partial charge is 0.189 e. The SMILES string of the molecule is COc1ccc2nc(Nc3ncnc(N4CCN(CCO)CC4)c3N)sc2c1. The Morgan fingerprint density at radius 3 is 2.82 bits per heavy atom. The number of thiazole rings is 1. The Kier molecular flexibility index (Phi) is 5.42. The molecule has 9 nitrogen and oxygen atoms in total. The molecular formula is C18H23N7O2S. The molecule has 0 aliphatic carbocycles. The minimum absolute atomic E-state index is 0.178. The van der Waals surface area contributed by atoms with E-state index in [1.54, 1.807) is 7.11 Å². The molecule has 1 saturated heterocycles. The predicted molar refractivity (Wildman–Crippen MR) is 112 cm³/mol. The van der Waals surface area contributed by atoms with E-state index in [0.717, 1.165) is 48.0 Å². The average molecular weight is 401 g/mol. The van der Waals surface area contributed by atoms with Crippen molar-refractivity contribution in [2.45, 2.75) is 0 Å². The number of rotatable bonds is 6. The topological polar surface area (TPSA) is 113 Å². The highest BCUT2D eigenvalue weighted by Gasteiger charge is 2.21. The lowest BCUT2D eigenvalue weighted by atomic mass is 10.3. The normalized spacial score (nSPS) is 15.1. The highest BCUT2D eigenvalue weighted by Crippen LogP contribution is 2.33. The average Bonchev–Trinajstić information content (AvgIpc) is 3.12. The van der Waals surface area contributed by atoms with Gasteiger partial charge in [-0.1, -0.05) is 11.3 Å². The van der Waals surface area contributed by atoms with Gasteiger partial charge in [0.05, 0.1) is 23.9 Å². The zero-order valence-electron chi connectivity index (χ0n) is 15.6. The molecule has 4 N–H and O–H groups in total. The number of fused-ring (bicyclic) bond motifs is 1. The number of aliphatic hydroxyl groups excluding tert-OH is 1. The maximum absolute atomic E-state index is 9.09. The number of nitrogen functional groups attached to an aromatic ring is 1. The van der Waals surface area contributed by atoms with Crippen LogP contribution in [0.5, 0.6) is 5.75 Å². The van der Waals surface area contributed by atoms with E-state index >= 15 is 0 Å². The third kappa shape index (κ3) is 3.79. The first-order valence-corrected chi connectivity index (χ1v) is 9.90. The number of nitrogens with zero attached hydrogens (tertiary/aromatic N) is 5. The van der Waals surface area contributed by atoms with Crippen LogP contribution < -0.4 is 20.7 Å². The van der Waals surface area contributed by atoms with Gasteiger partial charge < -0.3 is 25.8 Å². The van der Waals surface area contributed by atoms with Crippen molar-refractivity contribution in [1.82, 2.24) is 19.9 Å². The molecule has 0 atom stereocenters. The van der Waals surface area contributed by atoms with Crippen LogP contribution >= 0.6 is 11.3 Å². The van der Waals surface area contributed by atoms with Crippen LogP contribution in [-0.2, 0) is 0 Å². The number of hydrogen-bond acceptors (Lipinski definition) is 10. The lowest BCUT2D eigenvalue weighted by Gasteiger charge is -2.35. The van der Waals surface area contributed by atoms with Crippen LogP contribution in [0.4, 0.5) is 22.5 Å². The minimum atomic E-state index is 0.178. The summed E-state index contributed by atoms with van der Waals surface area (Å²) in [6, 6.07) is 5.77. The van der Waals surface area contributed by atoms with E-state index in [2.05, 4.69) is 30.1 Å². The summed E-state index contributed by atoms with van der Waals surface area (Å²) in [6.45, 7) is 4.22. The second-order valence-electron chi connectivity index (χ2n) is 6.49. The number of benzene rings is 1. The number of aromatic nitrogens is 3. The Morgan fingerprint density at radius 2 is 2.07 bits per heavy atom. The van der Waals surface area contributed by atoms with Crippen molar-refractivity contribution < 1.29 is 9.84 Å². The van der Waals surface area contributed by atoms with Gasteiger partial charge in [0.15, 0.2) is 16.8 Å². The molecule has 0 radical (unpaired) electrons. The fourth-order valence-electron chi connectivity index (χ4n) is 3.25. The van der Waals surface area contributed by atoms with Crippen LogP contribution in [0.25, 0.3) is 10.2 Å². The molecule has 0 bridgehead atoms. The number of piperazine rings is 1. The summed E-state index contributed by atoms with van der Waals surface area (Å²) in [7, 11) is 1.65. The first-order chi connectivity index (χ1) is 13.7. The molecule has 1 aromatic carbocycles. The fraction of sp³-hybridized carbons (Fsp3) is 0.389. The maximum atomic E-state index is 9.09. The summed E-state index contributed by atoms with van der Waals surface area (Å²) in [5.74, 6) is 2.07. The van der Waals surface area contributed by atoms with Crippen LogP contribution in [0.3, 0.4) is 0 Å². The van der Waals surface area contributed by atoms with E-state index in [-0.39, 0.29) is 6.61 Å². The number of methoxy groups -OCH3 is 1. The summed E-state index contributed by atoms with van der Waals surface area (Å²) < 4.78 is 6.29. The van der Waals surface area contributed by atoms with E-state index in [0.29, 0.717) is 23.2 Å². The summed E-state index contributed by atoms with van der Waals surface area (Å²) >= 11 is 1.52. The van der Waals surface area contributed by atoms with Crippen LogP contribution in [0.1, 0.15) is 0 Å². The minimum Gasteiger partial charge on any atom is -0.497 e. The molecule has 0 amide bonds. The molecule has 1 aliphatic heterocycles. The number of hydrogen-bond donors (Lipinski definition) is 3. The van der Waals surface area contributed by atoms with Gasteiger partial charge >= 0.3 is 0 Å². The highest BCUT2D eigenvalue weighted by molar-refractivity contribution is 7.22. The van der Waals surface area contributed by atoms with Crippen molar-refractivity contribution in [3.05, 3.63) is 24.5 Å². The van der Waals surface area contributed by atoms with Gasteiger partial charge in [-0.3, -0.25) is 4.90 Å². The molecule has 10 heteroatoms. The van der Waals surface area contributed by atoms with Gasteiger partial charge in [-0.15, -0.1) is 0 Å². The molecule has 2 aromatic heterocycles. The molecule has 1 aliphatic rings. The molecule has 4 rings (SSSR count). The van der Waals surface area contributed by atoms with E-state index in [1.165, 1.54) is 17.7 Å². The number of ether oxygens (including phenoxy) is 1. The lowest BCUT2D eigenvalue weighted by Crippen LogP contribution is -2.47. The van der Waals surface area contributed by atoms with E-state index < -0.39 is 0 Å². The Morgan fingerprint density at radius 1 is 1.25 bits per heavy atom. The number of nitrogens with two attached hydrogens (primary N) is 1. The molecule has 28 heavy (non-hydrogen) atoms. The van der Waals surface area contributed by atoms with Gasteiger partial charge in [0.25, 0.3) is 0 Å². The number of aliphatic hydroxyl groups is 1. The molecule has 3 heterocycles. The van der Waals surface area contributed by atoms with Crippen molar-refractivity contribution >= 4 is 44.0 Å². The predicted octanol–water partition coefficient (Wildman–Crippen LogP) is 1.53. The number of nitrogens with one attached hydrogen (secondary N) is 1. The van der Waals surface area contributed by atoms with Gasteiger partial charge in [0.1, 0.15) is 17.8 Å². The summed E-state index contributed by atoms with van der Waals surface area (Å²) in [4.78, 5) is 17.7. The van der Waals surface area contributed by atoms with E-state index in [9.17, 15) is 0 Å². The Bertz CT molecular complexity index is 956. The van der Waals surface area contributed by atoms with Crippen LogP contribution in [0.2, 0.25) is 0 Å². The molecule has 1 fully saturated rings. The number of anilines is 4. The van der Waals surface area contributed by atoms with Crippen molar-refractivity contribution in [3.8, 4) is 5.75 Å². The maximum Gasteiger partial charge on any atom is 0.189 e. The van der Waals surface area contributed by atoms with Gasteiger partial charge in [-0.2, -0.15) is 0 Å². The molecule has 3 aromatic rings. The van der Waals surface area contributed by atoms with Crippen molar-refractivity contribution in [2.75, 3.05) is 62.4 Å². The zero-order chi connectivity index (χ0) is 19.5. The Hall–Kier alpha value is -2.69. The van der Waals surface area contributed by atoms with Crippen molar-refractivity contribution in [1.29, 1.82) is 0 Å². The molecule has 0 saturated carbocycles. The van der Waals surface area contributed by atoms with E-state index in [1.807, 2.05) is 18.2 Å². The monoisotopic (exact) mass is 401 g/mol. The van der Waals surface area contributed by atoms with Gasteiger partial charge in [0.2, 0.25) is 0 Å². The molecular weight excluding hydrogens is 378 g/mol. The van der Waals surface area contributed by atoms with Gasteiger partial charge in [-0.05, 0) is 18.2 Å². The Labute approximate surface area is 166 Å². The van der Waals surface area contributed by atoms with Crippen LogP contribution in [0.15, 0.2) is 24.5 Å². The quantitative estimate of drug-likeness (QED) is 0.566. The third-order valence-electron chi connectivity index (χ3n) is 4.77. The second-order valence-corrected chi connectivity index (χ2v) is 7.52. The van der Waals surface area contributed by atoms with Crippen LogP contribution in [-0.4, -0.2) is 71.4 Å². The second kappa shape index (κ2) is 8.13. The largest absolute Gasteiger partial charge is 0.497 e. The van der Waals surface area contributed by atoms with Gasteiger partial charge in [-0.25, -0.2) is 15.0 Å². The summed E-state index contributed by atoms with van der Waals surface area (Å²) in [6.07, 6.45) is 1.52. The summed E-state index contributed by atoms with van der Waals surface area (Å²) in [5.41, 5.74) is 7.77. The first kappa shape index (κ1) is 18.7. The molecule has 0 spiro atoms. The lowest BCUT2D eigenvalue weighted by molar-refractivity contribution is 0.188. The van der Waals surface area contributed by atoms with Gasteiger partial charge in [0, 0.05) is 32.7 Å². The first-order valence-electron chi connectivity index (χ1n) is 9.08. The van der Waals surface area contributed by atoms with Crippen LogP contribution in [0, 0.1) is 0 Å². The zero-order valence-corrected chi connectivity index (χ0v) is 16.4. The van der Waals surface area contributed by atoms with Crippen molar-refractivity contribution in [2.24, 2.45) is 0 Å². The fourth-order valence-corrected chi connectivity index (χ4v) is 4.14. The number of β-amino-alcohol motifs (C(OH)–C–C–N with tert-alkyl or cyclic N) is 1. The standard InChI is InChI=1S/C18H23N7O2S/c1-27-12-2-3-13-14(10-12)28-18(22-13)23-16-15(19)17(21-11-20-16)25-6-4-24(5-7-25)8-9-26/h2-3,10-11,26H,4-9,19H2,1H3,(H,20,21,22,23). The molecule has 0 unspecified atom stereocenters.